The first-order valence-corrected chi connectivity index (χ1v) is 7.62. The molecular weight excluding hydrogens is 266 g/mol. The van der Waals surface area contributed by atoms with Gasteiger partial charge in [-0.2, -0.15) is 0 Å². The summed E-state index contributed by atoms with van der Waals surface area (Å²) in [6.07, 6.45) is 1.90. The second-order valence-corrected chi connectivity index (χ2v) is 5.96. The van der Waals surface area contributed by atoms with Crippen LogP contribution in [0.25, 0.3) is 0 Å². The van der Waals surface area contributed by atoms with Gasteiger partial charge in [-0.25, -0.2) is 4.79 Å². The number of hydrogen-bond acceptors (Lipinski definition) is 3. The zero-order chi connectivity index (χ0) is 15.4. The maximum absolute atomic E-state index is 10.5. The third-order valence-electron chi connectivity index (χ3n) is 4.48. The van der Waals surface area contributed by atoms with Crippen LogP contribution in [0, 0.1) is 13.8 Å². The van der Waals surface area contributed by atoms with E-state index in [1.165, 1.54) is 16.7 Å². The van der Waals surface area contributed by atoms with Crippen LogP contribution < -0.4 is 0 Å². The Labute approximate surface area is 126 Å². The van der Waals surface area contributed by atoms with E-state index in [-0.39, 0.29) is 12.7 Å². The van der Waals surface area contributed by atoms with Crippen molar-refractivity contribution in [2.24, 2.45) is 0 Å². The Balaban J connectivity index is 1.89. The molecule has 1 aliphatic heterocycles. The molecule has 0 aromatic heterocycles. The molecule has 1 aromatic carbocycles. The minimum Gasteiger partial charge on any atom is -0.480 e. The number of hydrogen-bond donors (Lipinski definition) is 1. The van der Waals surface area contributed by atoms with Gasteiger partial charge in [0.2, 0.25) is 0 Å². The van der Waals surface area contributed by atoms with Crippen molar-refractivity contribution in [1.29, 1.82) is 0 Å². The van der Waals surface area contributed by atoms with Gasteiger partial charge in [0.15, 0.2) is 0 Å². The van der Waals surface area contributed by atoms with Crippen LogP contribution >= 0.6 is 0 Å². The quantitative estimate of drug-likeness (QED) is 0.906. The Morgan fingerprint density at radius 2 is 2.00 bits per heavy atom. The monoisotopic (exact) mass is 291 g/mol. The lowest BCUT2D eigenvalue weighted by atomic mass is 9.98. The lowest BCUT2D eigenvalue weighted by molar-refractivity contribution is -0.145. The molecule has 0 spiro atoms. The van der Waals surface area contributed by atoms with E-state index >= 15 is 0 Å². The van der Waals surface area contributed by atoms with Crippen LogP contribution in [0.4, 0.5) is 0 Å². The number of nitrogens with zero attached hydrogens (tertiary/aromatic N) is 1. The van der Waals surface area contributed by atoms with Crippen molar-refractivity contribution in [3.63, 3.8) is 0 Å². The van der Waals surface area contributed by atoms with Gasteiger partial charge in [-0.1, -0.05) is 18.2 Å². The fourth-order valence-corrected chi connectivity index (χ4v) is 2.85. The van der Waals surface area contributed by atoms with Crippen LogP contribution in [-0.2, 0) is 9.53 Å². The fourth-order valence-electron chi connectivity index (χ4n) is 2.85. The van der Waals surface area contributed by atoms with Crippen molar-refractivity contribution in [1.82, 2.24) is 4.90 Å². The summed E-state index contributed by atoms with van der Waals surface area (Å²) in [7, 11) is 0. The first-order chi connectivity index (χ1) is 9.97. The van der Waals surface area contributed by atoms with Crippen LogP contribution in [0.15, 0.2) is 18.2 Å². The lowest BCUT2D eigenvalue weighted by Crippen LogP contribution is -2.39. The second kappa shape index (κ2) is 7.05. The summed E-state index contributed by atoms with van der Waals surface area (Å²) < 4.78 is 5.39. The Kier molecular flexibility index (Phi) is 5.37. The van der Waals surface area contributed by atoms with Gasteiger partial charge >= 0.3 is 5.97 Å². The van der Waals surface area contributed by atoms with Crippen LogP contribution in [0.1, 0.15) is 42.5 Å². The molecular formula is C17H25NO3. The summed E-state index contributed by atoms with van der Waals surface area (Å²) >= 11 is 0. The first-order valence-electron chi connectivity index (χ1n) is 7.62. The third kappa shape index (κ3) is 4.29. The molecule has 1 fully saturated rings. The lowest BCUT2D eigenvalue weighted by Gasteiger charge is -2.36. The van der Waals surface area contributed by atoms with Crippen LogP contribution in [0.3, 0.4) is 0 Å². The number of carboxylic acid groups (broad SMARTS) is 1. The maximum atomic E-state index is 10.5. The van der Waals surface area contributed by atoms with Gasteiger partial charge in [-0.3, -0.25) is 4.90 Å². The molecule has 0 saturated carbocycles. The first kappa shape index (κ1) is 16.0. The third-order valence-corrected chi connectivity index (χ3v) is 4.48. The zero-order valence-corrected chi connectivity index (χ0v) is 13.1. The highest BCUT2D eigenvalue weighted by Gasteiger charge is 2.24. The largest absolute Gasteiger partial charge is 0.480 e. The Morgan fingerprint density at radius 3 is 2.57 bits per heavy atom. The van der Waals surface area contributed by atoms with Gasteiger partial charge in [0.05, 0.1) is 6.10 Å². The molecule has 0 aliphatic carbocycles. The normalized spacial score (nSPS) is 18.6. The molecule has 1 aromatic rings. The van der Waals surface area contributed by atoms with E-state index in [1.807, 2.05) is 0 Å². The molecule has 116 valence electrons. The maximum Gasteiger partial charge on any atom is 0.329 e. The molecule has 0 bridgehead atoms. The molecule has 0 amide bonds. The van der Waals surface area contributed by atoms with Crippen molar-refractivity contribution in [3.8, 4) is 0 Å². The highest BCUT2D eigenvalue weighted by Crippen LogP contribution is 2.26. The van der Waals surface area contributed by atoms with Gasteiger partial charge in [0.25, 0.3) is 0 Å². The number of carboxylic acids is 1. The van der Waals surface area contributed by atoms with Crippen molar-refractivity contribution >= 4 is 5.97 Å². The average molecular weight is 291 g/mol. The molecule has 4 heteroatoms. The summed E-state index contributed by atoms with van der Waals surface area (Å²) in [5, 5.41) is 8.65. The van der Waals surface area contributed by atoms with Gasteiger partial charge in [-0.15, -0.1) is 0 Å². The number of aliphatic carboxylic acids is 1. The van der Waals surface area contributed by atoms with Crippen LogP contribution in [0.2, 0.25) is 0 Å². The number of ether oxygens (including phenoxy) is 1. The van der Waals surface area contributed by atoms with Crippen LogP contribution in [0.5, 0.6) is 0 Å². The Hall–Kier alpha value is -1.39. The van der Waals surface area contributed by atoms with Crippen molar-refractivity contribution in [3.05, 3.63) is 34.9 Å². The van der Waals surface area contributed by atoms with E-state index in [1.54, 1.807) is 0 Å². The van der Waals surface area contributed by atoms with E-state index < -0.39 is 5.97 Å². The standard InChI is InChI=1S/C17H25NO3/c1-12-4-5-15(10-13(12)2)14(3)18-8-6-16(7-9-18)21-11-17(19)20/h4-5,10,14,16H,6-9,11H2,1-3H3,(H,19,20). The van der Waals surface area contributed by atoms with Gasteiger partial charge < -0.3 is 9.84 Å². The number of benzene rings is 1. The molecule has 1 aliphatic rings. The number of rotatable bonds is 5. The van der Waals surface area contributed by atoms with Gasteiger partial charge in [-0.05, 0) is 50.3 Å². The summed E-state index contributed by atoms with van der Waals surface area (Å²) in [5.74, 6) is -0.888. The summed E-state index contributed by atoms with van der Waals surface area (Å²) in [5.41, 5.74) is 4.01. The topological polar surface area (TPSA) is 49.8 Å². The fraction of sp³-hybridized carbons (Fsp3) is 0.588. The van der Waals surface area contributed by atoms with E-state index in [0.29, 0.717) is 6.04 Å². The van der Waals surface area contributed by atoms with E-state index in [0.717, 1.165) is 25.9 Å². The number of piperidine rings is 1. The minimum absolute atomic E-state index is 0.0873. The molecule has 1 atom stereocenters. The molecule has 2 rings (SSSR count). The second-order valence-electron chi connectivity index (χ2n) is 5.96. The molecule has 4 nitrogen and oxygen atoms in total. The van der Waals surface area contributed by atoms with Crippen molar-refractivity contribution < 1.29 is 14.6 Å². The smallest absolute Gasteiger partial charge is 0.329 e. The predicted octanol–water partition coefficient (Wildman–Crippen LogP) is 2.93. The average Bonchev–Trinajstić information content (AvgIpc) is 2.48. The molecule has 1 saturated heterocycles. The SMILES string of the molecule is Cc1ccc(C(C)N2CCC(OCC(=O)O)CC2)cc1C. The summed E-state index contributed by atoms with van der Waals surface area (Å²) in [6.45, 7) is 8.25. The minimum atomic E-state index is -0.888. The Morgan fingerprint density at radius 1 is 1.33 bits per heavy atom. The summed E-state index contributed by atoms with van der Waals surface area (Å²) in [4.78, 5) is 13.0. The van der Waals surface area contributed by atoms with Crippen molar-refractivity contribution in [2.75, 3.05) is 19.7 Å². The molecule has 1 unspecified atom stereocenters. The van der Waals surface area contributed by atoms with Gasteiger partial charge in [0.1, 0.15) is 6.61 Å². The highest BCUT2D eigenvalue weighted by atomic mass is 16.5. The molecule has 1 N–H and O–H groups in total. The Bertz CT molecular complexity index is 493. The zero-order valence-electron chi connectivity index (χ0n) is 13.1. The van der Waals surface area contributed by atoms with Crippen LogP contribution in [-0.4, -0.2) is 41.8 Å². The number of carbonyl (C=O) groups is 1. The predicted molar refractivity (Wildman–Crippen MR) is 82.5 cm³/mol. The van der Waals surface area contributed by atoms with E-state index in [2.05, 4.69) is 43.9 Å². The number of likely N-dealkylation sites (tertiary alicyclic amines) is 1. The molecule has 1 heterocycles. The highest BCUT2D eigenvalue weighted by molar-refractivity contribution is 5.68. The van der Waals surface area contributed by atoms with Gasteiger partial charge in [0, 0.05) is 19.1 Å². The number of aryl methyl sites for hydroxylation is 2. The van der Waals surface area contributed by atoms with Crippen molar-refractivity contribution in [2.45, 2.75) is 45.8 Å². The van der Waals surface area contributed by atoms with E-state index in [4.69, 9.17) is 9.84 Å². The van der Waals surface area contributed by atoms with E-state index in [9.17, 15) is 4.79 Å². The molecule has 21 heavy (non-hydrogen) atoms. The molecule has 0 radical (unpaired) electrons. The summed E-state index contributed by atoms with van der Waals surface area (Å²) in [6, 6.07) is 7.06.